The van der Waals surface area contributed by atoms with Crippen LogP contribution in [0.25, 0.3) is 0 Å². The SMILES string of the molecule is C=CN(C(C)=O)[C@@H](CCCCN)C(=O)O. The molecule has 0 bridgehead atoms. The van der Waals surface area contributed by atoms with Crippen molar-refractivity contribution in [3.63, 3.8) is 0 Å². The summed E-state index contributed by atoms with van der Waals surface area (Å²) in [4.78, 5) is 23.2. The molecule has 0 unspecified atom stereocenters. The van der Waals surface area contributed by atoms with E-state index in [0.29, 0.717) is 19.4 Å². The number of carboxylic acid groups (broad SMARTS) is 1. The Morgan fingerprint density at radius 1 is 1.53 bits per heavy atom. The van der Waals surface area contributed by atoms with E-state index < -0.39 is 12.0 Å². The molecule has 5 heteroatoms. The zero-order valence-electron chi connectivity index (χ0n) is 8.98. The topological polar surface area (TPSA) is 83.6 Å². The zero-order chi connectivity index (χ0) is 11.8. The van der Waals surface area contributed by atoms with Gasteiger partial charge < -0.3 is 15.7 Å². The van der Waals surface area contributed by atoms with Gasteiger partial charge in [-0.2, -0.15) is 0 Å². The Kier molecular flexibility index (Phi) is 6.37. The average Bonchev–Trinajstić information content (AvgIpc) is 2.16. The van der Waals surface area contributed by atoms with E-state index in [2.05, 4.69) is 6.58 Å². The second kappa shape index (κ2) is 7.00. The van der Waals surface area contributed by atoms with Crippen molar-refractivity contribution in [1.82, 2.24) is 4.90 Å². The van der Waals surface area contributed by atoms with Crippen LogP contribution in [-0.4, -0.2) is 34.5 Å². The van der Waals surface area contributed by atoms with Gasteiger partial charge in [0.2, 0.25) is 5.91 Å². The molecular formula is C10H18N2O3. The van der Waals surface area contributed by atoms with Gasteiger partial charge in [0, 0.05) is 13.1 Å². The van der Waals surface area contributed by atoms with Gasteiger partial charge in [-0.05, 0) is 25.8 Å². The summed E-state index contributed by atoms with van der Waals surface area (Å²) in [6.07, 6.45) is 3.10. The summed E-state index contributed by atoms with van der Waals surface area (Å²) in [6, 6.07) is -0.827. The summed E-state index contributed by atoms with van der Waals surface area (Å²) in [7, 11) is 0. The third-order valence-corrected chi connectivity index (χ3v) is 2.11. The molecule has 0 aromatic heterocycles. The molecule has 0 aliphatic heterocycles. The Bertz CT molecular complexity index is 241. The summed E-state index contributed by atoms with van der Waals surface area (Å²) in [5, 5.41) is 8.95. The van der Waals surface area contributed by atoms with Crippen molar-refractivity contribution in [2.45, 2.75) is 32.2 Å². The van der Waals surface area contributed by atoms with Crippen LogP contribution < -0.4 is 5.73 Å². The van der Waals surface area contributed by atoms with Gasteiger partial charge in [-0.15, -0.1) is 0 Å². The van der Waals surface area contributed by atoms with Crippen LogP contribution in [0.3, 0.4) is 0 Å². The maximum absolute atomic E-state index is 11.1. The first kappa shape index (κ1) is 13.6. The summed E-state index contributed by atoms with van der Waals surface area (Å²) in [5.41, 5.74) is 5.31. The normalized spacial score (nSPS) is 11.9. The molecule has 0 saturated carbocycles. The molecule has 0 aliphatic carbocycles. The molecule has 1 amide bonds. The van der Waals surface area contributed by atoms with Gasteiger partial charge in [0.1, 0.15) is 6.04 Å². The Morgan fingerprint density at radius 3 is 2.47 bits per heavy atom. The highest BCUT2D eigenvalue weighted by Crippen LogP contribution is 2.10. The van der Waals surface area contributed by atoms with Crippen LogP contribution in [0.5, 0.6) is 0 Å². The minimum absolute atomic E-state index is 0.315. The first-order valence-corrected chi connectivity index (χ1v) is 4.89. The van der Waals surface area contributed by atoms with Gasteiger partial charge in [-0.1, -0.05) is 6.58 Å². The number of carboxylic acids is 1. The lowest BCUT2D eigenvalue weighted by Crippen LogP contribution is -2.40. The smallest absolute Gasteiger partial charge is 0.326 e. The molecule has 3 N–H and O–H groups in total. The third-order valence-electron chi connectivity index (χ3n) is 2.11. The zero-order valence-corrected chi connectivity index (χ0v) is 8.98. The number of amides is 1. The van der Waals surface area contributed by atoms with Crippen molar-refractivity contribution in [3.8, 4) is 0 Å². The summed E-state index contributed by atoms with van der Waals surface area (Å²) in [5.74, 6) is -1.33. The number of nitrogens with two attached hydrogens (primary N) is 1. The summed E-state index contributed by atoms with van der Waals surface area (Å²) >= 11 is 0. The standard InChI is InChI=1S/C10H18N2O3/c1-3-12(8(2)13)9(10(14)15)6-4-5-7-11/h3,9H,1,4-7,11H2,2H3,(H,14,15)/t9-/m0/s1. The lowest BCUT2D eigenvalue weighted by atomic mass is 10.1. The molecule has 1 atom stereocenters. The predicted octanol–water partition coefficient (Wildman–Crippen LogP) is 0.561. The van der Waals surface area contributed by atoms with E-state index in [1.165, 1.54) is 13.1 Å². The minimum atomic E-state index is -1.01. The van der Waals surface area contributed by atoms with Gasteiger partial charge in [0.05, 0.1) is 0 Å². The third kappa shape index (κ3) is 4.60. The van der Waals surface area contributed by atoms with Crippen molar-refractivity contribution in [2.75, 3.05) is 6.54 Å². The number of hydrogen-bond acceptors (Lipinski definition) is 3. The highest BCUT2D eigenvalue weighted by atomic mass is 16.4. The van der Waals surface area contributed by atoms with Crippen molar-refractivity contribution in [3.05, 3.63) is 12.8 Å². The van der Waals surface area contributed by atoms with Gasteiger partial charge in [-0.25, -0.2) is 4.79 Å². The van der Waals surface area contributed by atoms with E-state index in [1.54, 1.807) is 0 Å². The van der Waals surface area contributed by atoms with Crippen LogP contribution in [0.1, 0.15) is 26.2 Å². The van der Waals surface area contributed by atoms with Crippen LogP contribution in [0.15, 0.2) is 12.8 Å². The molecule has 0 aromatic carbocycles. The quantitative estimate of drug-likeness (QED) is 0.606. The molecule has 0 aromatic rings. The highest BCUT2D eigenvalue weighted by molar-refractivity contribution is 5.83. The lowest BCUT2D eigenvalue weighted by molar-refractivity contribution is -0.147. The highest BCUT2D eigenvalue weighted by Gasteiger charge is 2.24. The molecule has 0 aliphatic rings. The molecular weight excluding hydrogens is 196 g/mol. The van der Waals surface area contributed by atoms with Crippen LogP contribution >= 0.6 is 0 Å². The second-order valence-electron chi connectivity index (χ2n) is 3.25. The number of rotatable bonds is 7. The van der Waals surface area contributed by atoms with Crippen molar-refractivity contribution in [1.29, 1.82) is 0 Å². The van der Waals surface area contributed by atoms with Crippen molar-refractivity contribution >= 4 is 11.9 Å². The van der Waals surface area contributed by atoms with Crippen LogP contribution in [0, 0.1) is 0 Å². The Morgan fingerprint density at radius 2 is 2.13 bits per heavy atom. The fraction of sp³-hybridized carbons (Fsp3) is 0.600. The maximum atomic E-state index is 11.1. The van der Waals surface area contributed by atoms with Crippen molar-refractivity contribution in [2.24, 2.45) is 5.73 Å². The largest absolute Gasteiger partial charge is 0.480 e. The molecule has 0 fully saturated rings. The lowest BCUT2D eigenvalue weighted by Gasteiger charge is -2.23. The van der Waals surface area contributed by atoms with Gasteiger partial charge in [0.25, 0.3) is 0 Å². The van der Waals surface area contributed by atoms with E-state index in [1.807, 2.05) is 0 Å². The Labute approximate surface area is 89.6 Å². The molecule has 15 heavy (non-hydrogen) atoms. The number of carbonyl (C=O) groups is 2. The number of unbranched alkanes of at least 4 members (excludes halogenated alkanes) is 1. The number of nitrogens with zero attached hydrogens (tertiary/aromatic N) is 1. The second-order valence-corrected chi connectivity index (χ2v) is 3.25. The molecule has 0 radical (unpaired) electrons. The minimum Gasteiger partial charge on any atom is -0.480 e. The van der Waals surface area contributed by atoms with Gasteiger partial charge in [0.15, 0.2) is 0 Å². The molecule has 86 valence electrons. The van der Waals surface area contributed by atoms with Crippen LogP contribution in [-0.2, 0) is 9.59 Å². The Balaban J connectivity index is 4.42. The van der Waals surface area contributed by atoms with Gasteiger partial charge in [-0.3, -0.25) is 4.79 Å². The first-order valence-electron chi connectivity index (χ1n) is 4.89. The van der Waals surface area contributed by atoms with Crippen LogP contribution in [0.2, 0.25) is 0 Å². The molecule has 0 heterocycles. The van der Waals surface area contributed by atoms with E-state index in [0.717, 1.165) is 11.3 Å². The van der Waals surface area contributed by atoms with E-state index in [4.69, 9.17) is 10.8 Å². The van der Waals surface area contributed by atoms with E-state index >= 15 is 0 Å². The molecule has 0 spiro atoms. The molecule has 5 nitrogen and oxygen atoms in total. The number of aliphatic carboxylic acids is 1. The average molecular weight is 214 g/mol. The monoisotopic (exact) mass is 214 g/mol. The first-order chi connectivity index (χ1) is 7.04. The summed E-state index contributed by atoms with van der Waals surface area (Å²) in [6.45, 7) is 5.28. The molecule has 0 saturated heterocycles. The van der Waals surface area contributed by atoms with Crippen LogP contribution in [0.4, 0.5) is 0 Å². The fourth-order valence-electron chi connectivity index (χ4n) is 1.34. The maximum Gasteiger partial charge on any atom is 0.326 e. The van der Waals surface area contributed by atoms with Gasteiger partial charge >= 0.3 is 5.97 Å². The Hall–Kier alpha value is -1.36. The number of hydrogen-bond donors (Lipinski definition) is 2. The predicted molar refractivity (Wildman–Crippen MR) is 57.0 cm³/mol. The van der Waals surface area contributed by atoms with E-state index in [-0.39, 0.29) is 5.91 Å². The molecule has 0 rings (SSSR count). The van der Waals surface area contributed by atoms with Crippen molar-refractivity contribution < 1.29 is 14.7 Å². The van der Waals surface area contributed by atoms with E-state index in [9.17, 15) is 9.59 Å². The summed E-state index contributed by atoms with van der Waals surface area (Å²) < 4.78 is 0. The fourth-order valence-corrected chi connectivity index (χ4v) is 1.34. The number of carbonyl (C=O) groups excluding carboxylic acids is 1.